The standard InChI is InChI=1S/C35H34F8N6O6S/c1-48-33(9-3-4-10-33)29(50)26(30(51)47-21-7-6-19(34(38,39)40)13-20(21)22-14-25(35(41,42)43)46-17-45-22)31(52)49(48)15-18-5-8-24(28(37)27(18)36)55-12-11-44-23(16-56)32(53)54-2/h5-8,13-14,17,23,44,50,56H,3-4,9-12,15-16H2,1-2H3,(H,47,51)/t23-/m0/s1. The molecular formula is C35H34F8N6O6S. The van der Waals surface area contributed by atoms with Crippen molar-refractivity contribution in [2.24, 2.45) is 0 Å². The number of aromatic nitrogens is 2. The first kappa shape index (κ1) is 42.1. The lowest BCUT2D eigenvalue weighted by Crippen LogP contribution is -2.62. The second-order valence-electron chi connectivity index (χ2n) is 12.8. The minimum Gasteiger partial charge on any atom is -0.509 e. The number of thiol groups is 1. The van der Waals surface area contributed by atoms with Crippen molar-refractivity contribution in [3.8, 4) is 17.0 Å². The van der Waals surface area contributed by atoms with Gasteiger partial charge in [0, 0.05) is 30.5 Å². The Labute approximate surface area is 319 Å². The average Bonchev–Trinajstić information content (AvgIpc) is 3.66. The van der Waals surface area contributed by atoms with Crippen LogP contribution in [-0.2, 0) is 38.0 Å². The van der Waals surface area contributed by atoms with Gasteiger partial charge in [0.15, 0.2) is 11.6 Å². The van der Waals surface area contributed by atoms with Crippen LogP contribution in [0.4, 0.5) is 40.8 Å². The van der Waals surface area contributed by atoms with E-state index in [1.54, 1.807) is 0 Å². The fourth-order valence-electron chi connectivity index (χ4n) is 6.50. The van der Waals surface area contributed by atoms with Crippen molar-refractivity contribution in [1.82, 2.24) is 25.3 Å². The fraction of sp³-hybridized carbons (Fsp3) is 0.400. The van der Waals surface area contributed by atoms with E-state index in [0.29, 0.717) is 37.4 Å². The molecule has 1 aliphatic heterocycles. The van der Waals surface area contributed by atoms with Crippen LogP contribution in [0, 0.1) is 11.6 Å². The van der Waals surface area contributed by atoms with Crippen molar-refractivity contribution in [1.29, 1.82) is 0 Å². The molecule has 21 heteroatoms. The summed E-state index contributed by atoms with van der Waals surface area (Å²) in [5.41, 5.74) is -7.19. The lowest BCUT2D eigenvalue weighted by Gasteiger charge is -2.48. The zero-order valence-corrected chi connectivity index (χ0v) is 30.4. The maximum atomic E-state index is 15.5. The van der Waals surface area contributed by atoms with Crippen LogP contribution < -0.4 is 15.4 Å². The molecule has 56 heavy (non-hydrogen) atoms. The Bertz CT molecular complexity index is 2020. The summed E-state index contributed by atoms with van der Waals surface area (Å²) in [6.07, 6.45) is -8.06. The summed E-state index contributed by atoms with van der Waals surface area (Å²) in [4.78, 5) is 46.4. The molecule has 0 bridgehead atoms. The Morgan fingerprint density at radius 3 is 2.34 bits per heavy atom. The van der Waals surface area contributed by atoms with Gasteiger partial charge in [0.25, 0.3) is 11.8 Å². The number of hydrogen-bond acceptors (Lipinski definition) is 11. The van der Waals surface area contributed by atoms with Gasteiger partial charge in [0.05, 0.1) is 36.1 Å². The Balaban J connectivity index is 1.44. The van der Waals surface area contributed by atoms with E-state index in [1.807, 2.05) is 0 Å². The second kappa shape index (κ2) is 16.6. The highest BCUT2D eigenvalue weighted by Crippen LogP contribution is 2.45. The molecule has 3 aromatic rings. The maximum Gasteiger partial charge on any atom is 0.433 e. The molecule has 2 aliphatic rings. The molecule has 2 amide bonds. The first-order chi connectivity index (χ1) is 26.3. The number of likely N-dealkylation sites (N-methyl/N-ethyl adjacent to an activating group) is 1. The van der Waals surface area contributed by atoms with E-state index in [2.05, 4.69) is 38.0 Å². The SMILES string of the molecule is COC(=O)[C@H](CS)NCCOc1ccc(CN2C(=O)C(C(=O)Nc3ccc(C(F)(F)F)cc3-c3cc(C(F)(F)F)ncn3)=C(O)C3(CCCC3)N2C)c(F)c1F. The van der Waals surface area contributed by atoms with E-state index in [-0.39, 0.29) is 37.3 Å². The quantitative estimate of drug-likeness (QED) is 0.0578. The number of aliphatic hydroxyl groups excluding tert-OH is 1. The first-order valence-corrected chi connectivity index (χ1v) is 17.4. The highest BCUT2D eigenvalue weighted by molar-refractivity contribution is 7.80. The van der Waals surface area contributed by atoms with Gasteiger partial charge in [-0.1, -0.05) is 18.9 Å². The first-order valence-electron chi connectivity index (χ1n) is 16.8. The second-order valence-corrected chi connectivity index (χ2v) is 13.1. The molecule has 1 aliphatic carbocycles. The Morgan fingerprint density at radius 1 is 1.02 bits per heavy atom. The van der Waals surface area contributed by atoms with E-state index >= 15 is 8.78 Å². The number of anilines is 1. The van der Waals surface area contributed by atoms with Crippen LogP contribution in [0.2, 0.25) is 0 Å². The zero-order valence-electron chi connectivity index (χ0n) is 29.5. The molecule has 1 saturated carbocycles. The maximum absolute atomic E-state index is 15.5. The summed E-state index contributed by atoms with van der Waals surface area (Å²) < 4.78 is 122. The van der Waals surface area contributed by atoms with Gasteiger partial charge in [-0.25, -0.2) is 19.4 Å². The number of nitrogens with one attached hydrogen (secondary N) is 2. The molecular weight excluding hydrogens is 784 g/mol. The summed E-state index contributed by atoms with van der Waals surface area (Å²) in [5, 5.41) is 18.8. The molecule has 2 aromatic carbocycles. The number of alkyl halides is 6. The van der Waals surface area contributed by atoms with Gasteiger partial charge in [0.2, 0.25) is 5.82 Å². The Kier molecular flexibility index (Phi) is 12.5. The molecule has 1 atom stereocenters. The fourth-order valence-corrected chi connectivity index (χ4v) is 6.78. The molecule has 2 heterocycles. The lowest BCUT2D eigenvalue weighted by atomic mass is 9.88. The number of hydrazine groups is 1. The van der Waals surface area contributed by atoms with Crippen LogP contribution in [0.15, 0.2) is 54.1 Å². The molecule has 0 radical (unpaired) electrons. The number of benzene rings is 2. The largest absolute Gasteiger partial charge is 0.509 e. The highest BCUT2D eigenvalue weighted by Gasteiger charge is 2.53. The average molecular weight is 819 g/mol. The van der Waals surface area contributed by atoms with Gasteiger partial charge in [-0.05, 0) is 43.2 Å². The number of esters is 1. The van der Waals surface area contributed by atoms with Crippen LogP contribution in [0.3, 0.4) is 0 Å². The van der Waals surface area contributed by atoms with Crippen molar-refractivity contribution < 1.29 is 64.1 Å². The molecule has 1 fully saturated rings. The number of hydrogen-bond donors (Lipinski definition) is 4. The minimum atomic E-state index is -5.00. The van der Waals surface area contributed by atoms with Crippen molar-refractivity contribution in [3.05, 3.63) is 82.5 Å². The lowest BCUT2D eigenvalue weighted by molar-refractivity contribution is -0.163. The zero-order chi connectivity index (χ0) is 41.2. The van der Waals surface area contributed by atoms with E-state index in [0.717, 1.165) is 23.2 Å². The molecule has 302 valence electrons. The van der Waals surface area contributed by atoms with Gasteiger partial charge < -0.3 is 25.2 Å². The molecule has 3 N–H and O–H groups in total. The van der Waals surface area contributed by atoms with Gasteiger partial charge in [-0.3, -0.25) is 19.4 Å². The smallest absolute Gasteiger partial charge is 0.433 e. The summed E-state index contributed by atoms with van der Waals surface area (Å²) in [6, 6.07) is 3.59. The number of carbonyl (C=O) groups is 3. The summed E-state index contributed by atoms with van der Waals surface area (Å²) >= 11 is 4.05. The van der Waals surface area contributed by atoms with Crippen LogP contribution in [0.5, 0.6) is 5.75 Å². The van der Waals surface area contributed by atoms with E-state index in [4.69, 9.17) is 4.74 Å². The summed E-state index contributed by atoms with van der Waals surface area (Å²) in [7, 11) is 2.59. The molecule has 0 saturated heterocycles. The molecule has 1 aromatic heterocycles. The van der Waals surface area contributed by atoms with Crippen molar-refractivity contribution in [2.75, 3.05) is 38.4 Å². The van der Waals surface area contributed by atoms with Gasteiger partial charge in [-0.15, -0.1) is 0 Å². The normalized spacial score (nSPS) is 16.7. The van der Waals surface area contributed by atoms with Crippen molar-refractivity contribution >= 4 is 36.1 Å². The number of methoxy groups -OCH3 is 1. The number of rotatable bonds is 12. The van der Waals surface area contributed by atoms with Gasteiger partial charge in [-0.2, -0.15) is 43.4 Å². The molecule has 0 unspecified atom stereocenters. The van der Waals surface area contributed by atoms with E-state index in [1.165, 1.54) is 19.2 Å². The van der Waals surface area contributed by atoms with Gasteiger partial charge in [0.1, 0.15) is 36.0 Å². The van der Waals surface area contributed by atoms with Crippen LogP contribution in [0.25, 0.3) is 11.3 Å². The summed E-state index contributed by atoms with van der Waals surface area (Å²) in [6.45, 7) is -0.835. The van der Waals surface area contributed by atoms with Crippen LogP contribution in [0.1, 0.15) is 42.5 Å². The Hall–Kier alpha value is -5.02. The minimum absolute atomic E-state index is 0.0284. The monoisotopic (exact) mass is 818 g/mol. The van der Waals surface area contributed by atoms with Crippen LogP contribution >= 0.6 is 12.6 Å². The third kappa shape index (κ3) is 8.53. The molecule has 1 spiro atoms. The predicted octanol–water partition coefficient (Wildman–Crippen LogP) is 5.85. The third-order valence-corrected chi connectivity index (χ3v) is 9.82. The third-order valence-electron chi connectivity index (χ3n) is 9.46. The molecule has 5 rings (SSSR count). The summed E-state index contributed by atoms with van der Waals surface area (Å²) in [5.74, 6) is -7.04. The number of halogens is 8. The van der Waals surface area contributed by atoms with Crippen LogP contribution in [-0.4, -0.2) is 87.5 Å². The number of amides is 2. The Morgan fingerprint density at radius 2 is 1.71 bits per heavy atom. The van der Waals surface area contributed by atoms with E-state index < -0.39 is 105 Å². The predicted molar refractivity (Wildman–Crippen MR) is 185 cm³/mol. The highest BCUT2D eigenvalue weighted by atomic mass is 32.1. The van der Waals surface area contributed by atoms with Crippen molar-refractivity contribution in [2.45, 2.75) is 56.2 Å². The number of ether oxygens (including phenoxy) is 2. The topological polar surface area (TPSA) is 146 Å². The number of nitrogens with zero attached hydrogens (tertiary/aromatic N) is 4. The van der Waals surface area contributed by atoms with Crippen molar-refractivity contribution in [3.63, 3.8) is 0 Å². The number of carbonyl (C=O) groups excluding carboxylic acids is 3. The number of aliphatic hydroxyl groups is 1. The molecule has 12 nitrogen and oxygen atoms in total. The van der Waals surface area contributed by atoms with Gasteiger partial charge >= 0.3 is 18.3 Å². The van der Waals surface area contributed by atoms with E-state index in [9.17, 15) is 45.8 Å².